The van der Waals surface area contributed by atoms with Gasteiger partial charge < -0.3 is 15.0 Å². The van der Waals surface area contributed by atoms with Gasteiger partial charge in [0.2, 0.25) is 5.91 Å². The summed E-state index contributed by atoms with van der Waals surface area (Å²) in [5.74, 6) is -0.707. The van der Waals surface area contributed by atoms with Crippen molar-refractivity contribution in [2.75, 3.05) is 36.0 Å². The van der Waals surface area contributed by atoms with Crippen LogP contribution < -0.4 is 15.1 Å². The van der Waals surface area contributed by atoms with E-state index in [1.807, 2.05) is 30.0 Å². The minimum Gasteiger partial charge on any atom is -0.442 e. The van der Waals surface area contributed by atoms with Crippen molar-refractivity contribution in [1.82, 2.24) is 5.32 Å². The normalized spacial score (nSPS) is 17.4. The molecule has 0 saturated carbocycles. The van der Waals surface area contributed by atoms with Crippen LogP contribution in [-0.4, -0.2) is 50.1 Å². The predicted molar refractivity (Wildman–Crippen MR) is 137 cm³/mol. The van der Waals surface area contributed by atoms with Gasteiger partial charge in [-0.15, -0.1) is 0 Å². The number of nitrogens with zero attached hydrogens (tertiary/aromatic N) is 2. The summed E-state index contributed by atoms with van der Waals surface area (Å²) in [6.07, 6.45) is 3.16. The second-order valence-corrected chi connectivity index (χ2v) is 9.57. The molecule has 2 aliphatic heterocycles. The molecule has 36 heavy (non-hydrogen) atoms. The molecule has 0 aromatic heterocycles. The van der Waals surface area contributed by atoms with Crippen LogP contribution in [0.25, 0.3) is 0 Å². The van der Waals surface area contributed by atoms with Gasteiger partial charge in [0.25, 0.3) is 0 Å². The Balaban J connectivity index is 1.25. The van der Waals surface area contributed by atoms with E-state index < -0.39 is 12.2 Å². The third-order valence-electron chi connectivity index (χ3n) is 6.80. The van der Waals surface area contributed by atoms with Crippen LogP contribution in [0, 0.1) is 12.7 Å². The summed E-state index contributed by atoms with van der Waals surface area (Å²) >= 11 is 0. The van der Waals surface area contributed by atoms with Crippen LogP contribution >= 0.6 is 0 Å². The molecular formula is C28H34FN3O4. The number of amides is 2. The van der Waals surface area contributed by atoms with Crippen molar-refractivity contribution in [1.29, 1.82) is 0 Å². The zero-order valence-corrected chi connectivity index (χ0v) is 21.0. The fourth-order valence-electron chi connectivity index (χ4n) is 4.88. The fraction of sp³-hybridized carbons (Fsp3) is 0.464. The first kappa shape index (κ1) is 25.7. The third kappa shape index (κ3) is 6.04. The number of carbonyl (C=O) groups excluding carboxylic acids is 3. The zero-order chi connectivity index (χ0) is 25.7. The van der Waals surface area contributed by atoms with E-state index in [-0.39, 0.29) is 43.4 Å². The monoisotopic (exact) mass is 495 g/mol. The lowest BCUT2D eigenvalue weighted by atomic mass is 9.97. The number of cyclic esters (lactones) is 1. The van der Waals surface area contributed by atoms with Crippen LogP contribution in [0.4, 0.5) is 20.6 Å². The first-order valence-electron chi connectivity index (χ1n) is 12.8. The second-order valence-electron chi connectivity index (χ2n) is 9.57. The van der Waals surface area contributed by atoms with Gasteiger partial charge in [0, 0.05) is 31.5 Å². The van der Waals surface area contributed by atoms with Gasteiger partial charge in [0.1, 0.15) is 11.9 Å². The maximum atomic E-state index is 14.7. The molecule has 2 aliphatic rings. The Hall–Kier alpha value is -3.42. The maximum absolute atomic E-state index is 14.7. The van der Waals surface area contributed by atoms with E-state index in [1.54, 1.807) is 12.1 Å². The summed E-state index contributed by atoms with van der Waals surface area (Å²) < 4.78 is 20.0. The SMILES string of the molecule is CCCc1ccc(C(=O)CCC(=O)NC[C@H]2CN(c3ccc(N4CCCC4)c(F)c3)C(=O)O2)c(C)c1. The molecule has 2 fully saturated rings. The molecule has 2 aromatic carbocycles. The average Bonchev–Trinajstić information content (AvgIpc) is 3.51. The van der Waals surface area contributed by atoms with Gasteiger partial charge in [-0.1, -0.05) is 31.5 Å². The van der Waals surface area contributed by atoms with Crippen molar-refractivity contribution in [2.45, 2.75) is 58.5 Å². The number of Topliss-reactive ketones (excluding diaryl/α,β-unsaturated/α-hetero) is 1. The Morgan fingerprint density at radius 2 is 1.89 bits per heavy atom. The van der Waals surface area contributed by atoms with Crippen molar-refractivity contribution in [3.05, 3.63) is 58.9 Å². The number of benzene rings is 2. The van der Waals surface area contributed by atoms with Crippen molar-refractivity contribution in [2.24, 2.45) is 0 Å². The first-order valence-corrected chi connectivity index (χ1v) is 12.8. The summed E-state index contributed by atoms with van der Waals surface area (Å²) in [5.41, 5.74) is 3.75. The summed E-state index contributed by atoms with van der Waals surface area (Å²) in [4.78, 5) is 40.7. The van der Waals surface area contributed by atoms with E-state index in [0.29, 0.717) is 16.9 Å². The molecule has 2 heterocycles. The molecule has 2 aromatic rings. The van der Waals surface area contributed by atoms with Crippen LogP contribution in [0.1, 0.15) is 60.5 Å². The number of aryl methyl sites for hydroxylation is 2. The van der Waals surface area contributed by atoms with Gasteiger partial charge in [0.15, 0.2) is 5.78 Å². The maximum Gasteiger partial charge on any atom is 0.414 e. The van der Waals surface area contributed by atoms with Crippen LogP contribution in [0.2, 0.25) is 0 Å². The highest BCUT2D eigenvalue weighted by Gasteiger charge is 2.33. The number of anilines is 2. The Morgan fingerprint density at radius 3 is 2.58 bits per heavy atom. The van der Waals surface area contributed by atoms with Gasteiger partial charge in [-0.25, -0.2) is 9.18 Å². The highest BCUT2D eigenvalue weighted by molar-refractivity contribution is 5.99. The highest BCUT2D eigenvalue weighted by Crippen LogP contribution is 2.29. The molecule has 2 saturated heterocycles. The number of halogens is 1. The molecule has 4 rings (SSSR count). The molecule has 0 spiro atoms. The van der Waals surface area contributed by atoms with E-state index in [0.717, 1.165) is 44.3 Å². The number of carbonyl (C=O) groups is 3. The van der Waals surface area contributed by atoms with Crippen molar-refractivity contribution in [3.8, 4) is 0 Å². The van der Waals surface area contributed by atoms with E-state index in [1.165, 1.54) is 16.5 Å². The second kappa shape index (κ2) is 11.5. The van der Waals surface area contributed by atoms with Crippen molar-refractivity contribution in [3.63, 3.8) is 0 Å². The molecule has 1 N–H and O–H groups in total. The van der Waals surface area contributed by atoms with E-state index in [4.69, 9.17) is 4.74 Å². The standard InChI is InChI=1S/C28H34FN3O4/c1-3-6-20-7-9-23(19(2)15-20)26(33)11-12-27(34)30-17-22-18-32(28(35)36-22)21-8-10-25(24(29)16-21)31-13-4-5-14-31/h7-10,15-16,22H,3-6,11-14,17-18H2,1-2H3,(H,30,34)/t22-/m0/s1. The van der Waals surface area contributed by atoms with Crippen LogP contribution in [0.15, 0.2) is 36.4 Å². The number of rotatable bonds is 10. The smallest absolute Gasteiger partial charge is 0.414 e. The largest absolute Gasteiger partial charge is 0.442 e. The molecule has 0 radical (unpaired) electrons. The average molecular weight is 496 g/mol. The molecule has 2 amide bonds. The van der Waals surface area contributed by atoms with E-state index in [2.05, 4.69) is 12.2 Å². The topological polar surface area (TPSA) is 79.0 Å². The van der Waals surface area contributed by atoms with Crippen LogP contribution in [0.5, 0.6) is 0 Å². The first-order chi connectivity index (χ1) is 17.4. The van der Waals surface area contributed by atoms with Crippen LogP contribution in [-0.2, 0) is 16.0 Å². The molecule has 0 bridgehead atoms. The number of ether oxygens (including phenoxy) is 1. The van der Waals surface area contributed by atoms with Gasteiger partial charge in [-0.2, -0.15) is 0 Å². The zero-order valence-electron chi connectivity index (χ0n) is 21.0. The van der Waals surface area contributed by atoms with Gasteiger partial charge in [-0.3, -0.25) is 14.5 Å². The Kier molecular flexibility index (Phi) is 8.23. The molecule has 7 nitrogen and oxygen atoms in total. The number of hydrogen-bond acceptors (Lipinski definition) is 5. The summed E-state index contributed by atoms with van der Waals surface area (Å²) in [6, 6.07) is 10.6. The van der Waals surface area contributed by atoms with Crippen molar-refractivity contribution >= 4 is 29.2 Å². The molecule has 1 atom stereocenters. The predicted octanol–water partition coefficient (Wildman–Crippen LogP) is 4.79. The van der Waals surface area contributed by atoms with Crippen LogP contribution in [0.3, 0.4) is 0 Å². The molecule has 192 valence electrons. The lowest BCUT2D eigenvalue weighted by molar-refractivity contribution is -0.121. The number of ketones is 1. The van der Waals surface area contributed by atoms with Gasteiger partial charge in [0.05, 0.1) is 24.5 Å². The Morgan fingerprint density at radius 1 is 1.11 bits per heavy atom. The number of hydrogen-bond donors (Lipinski definition) is 1. The Bertz CT molecular complexity index is 1130. The molecule has 0 aliphatic carbocycles. The van der Waals surface area contributed by atoms with E-state index in [9.17, 15) is 18.8 Å². The summed E-state index contributed by atoms with van der Waals surface area (Å²) in [7, 11) is 0. The fourth-order valence-corrected chi connectivity index (χ4v) is 4.88. The molecule has 0 unspecified atom stereocenters. The van der Waals surface area contributed by atoms with Crippen molar-refractivity contribution < 1.29 is 23.5 Å². The van der Waals surface area contributed by atoms with Gasteiger partial charge >= 0.3 is 6.09 Å². The Labute approximate surface area is 211 Å². The minimum atomic E-state index is -0.570. The quantitative estimate of drug-likeness (QED) is 0.480. The highest BCUT2D eigenvalue weighted by atomic mass is 19.1. The van der Waals surface area contributed by atoms with Gasteiger partial charge in [-0.05, 0) is 55.5 Å². The summed E-state index contributed by atoms with van der Waals surface area (Å²) in [6.45, 7) is 6.04. The lowest BCUT2D eigenvalue weighted by Gasteiger charge is -2.20. The third-order valence-corrected chi connectivity index (χ3v) is 6.80. The number of nitrogens with one attached hydrogen (secondary N) is 1. The summed E-state index contributed by atoms with van der Waals surface area (Å²) in [5, 5.41) is 2.75. The van der Waals surface area contributed by atoms with E-state index >= 15 is 0 Å². The minimum absolute atomic E-state index is 0.0581. The molecular weight excluding hydrogens is 461 g/mol. The molecule has 8 heteroatoms. The lowest BCUT2D eigenvalue weighted by Crippen LogP contribution is -2.34.